The summed E-state index contributed by atoms with van der Waals surface area (Å²) in [5, 5.41) is 6.06. The molecule has 0 bridgehead atoms. The summed E-state index contributed by atoms with van der Waals surface area (Å²) in [4.78, 5) is 13.5. The number of aryl methyl sites for hydroxylation is 1. The number of benzene rings is 1. The second kappa shape index (κ2) is 4.30. The molecule has 5 nitrogen and oxygen atoms in total. The Balaban J connectivity index is 3.14. The Morgan fingerprint density at radius 1 is 1.57 bits per heavy atom. The van der Waals surface area contributed by atoms with Crippen molar-refractivity contribution in [1.82, 2.24) is 0 Å². The highest BCUT2D eigenvalue weighted by Gasteiger charge is 2.01. The summed E-state index contributed by atoms with van der Waals surface area (Å²) >= 11 is 0. The SMILES string of the molecule is CC(=O)Nc1cc(C)ccc1N=[N+]=[N-]. The third kappa shape index (κ3) is 2.50. The van der Waals surface area contributed by atoms with Gasteiger partial charge in [-0.15, -0.1) is 0 Å². The van der Waals surface area contributed by atoms with Gasteiger partial charge in [0.25, 0.3) is 0 Å². The van der Waals surface area contributed by atoms with Crippen molar-refractivity contribution in [2.75, 3.05) is 5.32 Å². The average molecular weight is 190 g/mol. The quantitative estimate of drug-likeness (QED) is 0.434. The van der Waals surface area contributed by atoms with Gasteiger partial charge in [0.15, 0.2) is 0 Å². The van der Waals surface area contributed by atoms with Gasteiger partial charge in [-0.1, -0.05) is 17.2 Å². The summed E-state index contributed by atoms with van der Waals surface area (Å²) < 4.78 is 0. The maximum atomic E-state index is 10.8. The van der Waals surface area contributed by atoms with Crippen LogP contribution in [0.1, 0.15) is 12.5 Å². The summed E-state index contributed by atoms with van der Waals surface area (Å²) in [5.74, 6) is -0.190. The lowest BCUT2D eigenvalue weighted by Gasteiger charge is -2.06. The minimum Gasteiger partial charge on any atom is -0.326 e. The van der Waals surface area contributed by atoms with Gasteiger partial charge < -0.3 is 5.32 Å². The van der Waals surface area contributed by atoms with Crippen molar-refractivity contribution in [2.24, 2.45) is 5.11 Å². The zero-order chi connectivity index (χ0) is 10.6. The molecule has 0 unspecified atom stereocenters. The maximum Gasteiger partial charge on any atom is 0.221 e. The molecule has 0 aliphatic heterocycles. The molecule has 5 heteroatoms. The van der Waals surface area contributed by atoms with Crippen LogP contribution in [0.4, 0.5) is 11.4 Å². The number of hydrogen-bond acceptors (Lipinski definition) is 2. The number of carbonyl (C=O) groups excluding carboxylic acids is 1. The van der Waals surface area contributed by atoms with Gasteiger partial charge in [0.2, 0.25) is 5.91 Å². The van der Waals surface area contributed by atoms with Crippen LogP contribution in [-0.4, -0.2) is 5.91 Å². The largest absolute Gasteiger partial charge is 0.326 e. The Bertz CT molecular complexity index is 407. The van der Waals surface area contributed by atoms with E-state index in [1.807, 2.05) is 13.0 Å². The molecule has 0 aromatic heterocycles. The highest BCUT2D eigenvalue weighted by atomic mass is 16.1. The summed E-state index contributed by atoms with van der Waals surface area (Å²) in [6, 6.07) is 5.24. The van der Waals surface area contributed by atoms with E-state index in [0.29, 0.717) is 11.4 Å². The van der Waals surface area contributed by atoms with Gasteiger partial charge in [0.05, 0.1) is 11.4 Å². The number of carbonyl (C=O) groups is 1. The first-order chi connectivity index (χ1) is 6.63. The third-order valence-electron chi connectivity index (χ3n) is 1.62. The molecule has 0 aliphatic rings. The highest BCUT2D eigenvalue weighted by Crippen LogP contribution is 2.25. The number of nitrogens with zero attached hydrogens (tertiary/aromatic N) is 3. The van der Waals surface area contributed by atoms with Crippen LogP contribution in [0.15, 0.2) is 23.3 Å². The first kappa shape index (κ1) is 10.1. The van der Waals surface area contributed by atoms with Crippen LogP contribution >= 0.6 is 0 Å². The molecule has 1 aromatic rings. The molecule has 0 radical (unpaired) electrons. The van der Waals surface area contributed by atoms with E-state index >= 15 is 0 Å². The fourth-order valence-electron chi connectivity index (χ4n) is 1.08. The number of azide groups is 1. The molecule has 0 atom stereocenters. The van der Waals surface area contributed by atoms with Crippen LogP contribution in [-0.2, 0) is 4.79 Å². The molecule has 0 fully saturated rings. The van der Waals surface area contributed by atoms with Crippen molar-refractivity contribution >= 4 is 17.3 Å². The van der Waals surface area contributed by atoms with Crippen LogP contribution < -0.4 is 5.32 Å². The second-order valence-electron chi connectivity index (χ2n) is 2.89. The third-order valence-corrected chi connectivity index (χ3v) is 1.62. The molecule has 0 heterocycles. The molecule has 1 aromatic carbocycles. The number of nitrogens with one attached hydrogen (secondary N) is 1. The van der Waals surface area contributed by atoms with Crippen molar-refractivity contribution in [3.63, 3.8) is 0 Å². The van der Waals surface area contributed by atoms with Gasteiger partial charge in [-0.3, -0.25) is 4.79 Å². The lowest BCUT2D eigenvalue weighted by molar-refractivity contribution is -0.114. The highest BCUT2D eigenvalue weighted by molar-refractivity contribution is 5.92. The van der Waals surface area contributed by atoms with E-state index < -0.39 is 0 Å². The molecule has 14 heavy (non-hydrogen) atoms. The normalized spacial score (nSPS) is 9.00. The van der Waals surface area contributed by atoms with E-state index in [-0.39, 0.29) is 5.91 Å². The van der Waals surface area contributed by atoms with Crippen molar-refractivity contribution in [2.45, 2.75) is 13.8 Å². The van der Waals surface area contributed by atoms with Crippen molar-refractivity contribution < 1.29 is 4.79 Å². The standard InChI is InChI=1S/C9H10N4O/c1-6-3-4-8(12-13-10)9(5-6)11-7(2)14/h3-5H,1-2H3,(H,11,14). The van der Waals surface area contributed by atoms with E-state index in [1.54, 1.807) is 12.1 Å². The Kier molecular flexibility index (Phi) is 3.09. The number of anilines is 1. The van der Waals surface area contributed by atoms with Gasteiger partial charge in [-0.05, 0) is 24.1 Å². The number of hydrogen-bond donors (Lipinski definition) is 1. The Labute approximate surface area is 81.4 Å². The van der Waals surface area contributed by atoms with Crippen molar-refractivity contribution in [3.05, 3.63) is 34.2 Å². The lowest BCUT2D eigenvalue weighted by atomic mass is 10.2. The lowest BCUT2D eigenvalue weighted by Crippen LogP contribution is -2.05. The fourth-order valence-corrected chi connectivity index (χ4v) is 1.08. The first-order valence-corrected chi connectivity index (χ1v) is 4.07. The van der Waals surface area contributed by atoms with Gasteiger partial charge in [0.1, 0.15) is 0 Å². The molecule has 1 amide bonds. The van der Waals surface area contributed by atoms with Crippen molar-refractivity contribution in [3.8, 4) is 0 Å². The first-order valence-electron chi connectivity index (χ1n) is 4.07. The summed E-state index contributed by atoms with van der Waals surface area (Å²) in [5.41, 5.74) is 10.2. The van der Waals surface area contributed by atoms with Crippen LogP contribution in [0, 0.1) is 6.92 Å². The van der Waals surface area contributed by atoms with Gasteiger partial charge in [0, 0.05) is 11.8 Å². The van der Waals surface area contributed by atoms with Gasteiger partial charge in [-0.25, -0.2) is 0 Å². The van der Waals surface area contributed by atoms with Gasteiger partial charge in [-0.2, -0.15) is 0 Å². The molecule has 1 rings (SSSR count). The maximum absolute atomic E-state index is 10.8. The van der Waals surface area contributed by atoms with Crippen molar-refractivity contribution in [1.29, 1.82) is 0 Å². The van der Waals surface area contributed by atoms with Crippen LogP contribution in [0.2, 0.25) is 0 Å². The van der Waals surface area contributed by atoms with E-state index in [0.717, 1.165) is 5.56 Å². The zero-order valence-corrected chi connectivity index (χ0v) is 7.98. The van der Waals surface area contributed by atoms with E-state index in [9.17, 15) is 4.79 Å². The van der Waals surface area contributed by atoms with Crippen LogP contribution in [0.5, 0.6) is 0 Å². The Hall–Kier alpha value is -2.00. The molecular weight excluding hydrogens is 180 g/mol. The molecule has 0 spiro atoms. The smallest absolute Gasteiger partial charge is 0.221 e. The van der Waals surface area contributed by atoms with Gasteiger partial charge >= 0.3 is 0 Å². The minimum absolute atomic E-state index is 0.190. The minimum atomic E-state index is -0.190. The fraction of sp³-hybridized carbons (Fsp3) is 0.222. The van der Waals surface area contributed by atoms with E-state index in [2.05, 4.69) is 15.3 Å². The number of rotatable bonds is 2. The topological polar surface area (TPSA) is 77.9 Å². The van der Waals surface area contributed by atoms with Crippen LogP contribution in [0.25, 0.3) is 10.4 Å². The molecule has 0 aliphatic carbocycles. The summed E-state index contributed by atoms with van der Waals surface area (Å²) in [6.07, 6.45) is 0. The summed E-state index contributed by atoms with van der Waals surface area (Å²) in [6.45, 7) is 3.30. The zero-order valence-electron chi connectivity index (χ0n) is 7.98. The number of amides is 1. The predicted octanol–water partition coefficient (Wildman–Crippen LogP) is 2.90. The van der Waals surface area contributed by atoms with Crippen LogP contribution in [0.3, 0.4) is 0 Å². The Morgan fingerprint density at radius 2 is 2.29 bits per heavy atom. The second-order valence-corrected chi connectivity index (χ2v) is 2.89. The monoisotopic (exact) mass is 190 g/mol. The molecule has 72 valence electrons. The van der Waals surface area contributed by atoms with E-state index in [1.165, 1.54) is 6.92 Å². The summed E-state index contributed by atoms with van der Waals surface area (Å²) in [7, 11) is 0. The van der Waals surface area contributed by atoms with E-state index in [4.69, 9.17) is 5.53 Å². The molecule has 0 saturated heterocycles. The molecule has 0 saturated carbocycles. The average Bonchev–Trinajstić information content (AvgIpc) is 2.09. The molecule has 1 N–H and O–H groups in total. The Morgan fingerprint density at radius 3 is 2.86 bits per heavy atom. The molecular formula is C9H10N4O. The predicted molar refractivity (Wildman–Crippen MR) is 54.3 cm³/mol.